The summed E-state index contributed by atoms with van der Waals surface area (Å²) in [6, 6.07) is 1.33. The Kier molecular flexibility index (Phi) is 3.91. The van der Waals surface area contributed by atoms with Crippen LogP contribution in [-0.2, 0) is 4.74 Å². The van der Waals surface area contributed by atoms with Crippen LogP contribution in [0, 0.1) is 5.82 Å². The SMILES string of the molecule is CCO/C=C/c1cnc(OC)c(F)c1. The van der Waals surface area contributed by atoms with Crippen LogP contribution in [0.4, 0.5) is 4.39 Å². The maximum atomic E-state index is 13.1. The van der Waals surface area contributed by atoms with E-state index in [2.05, 4.69) is 9.72 Å². The molecule has 3 nitrogen and oxygen atoms in total. The Bertz CT molecular complexity index is 326. The molecule has 1 aromatic rings. The quantitative estimate of drug-likeness (QED) is 0.693. The molecule has 76 valence electrons. The number of aromatic nitrogens is 1. The summed E-state index contributed by atoms with van der Waals surface area (Å²) in [7, 11) is 1.38. The van der Waals surface area contributed by atoms with Gasteiger partial charge in [0.05, 0.1) is 20.0 Å². The van der Waals surface area contributed by atoms with E-state index in [4.69, 9.17) is 4.74 Å². The Balaban J connectivity index is 2.76. The number of halogens is 1. The number of hydrogen-bond donors (Lipinski definition) is 0. The fourth-order valence-corrected chi connectivity index (χ4v) is 0.904. The summed E-state index contributed by atoms with van der Waals surface area (Å²) < 4.78 is 22.8. The highest BCUT2D eigenvalue weighted by Gasteiger charge is 2.02. The van der Waals surface area contributed by atoms with E-state index < -0.39 is 5.82 Å². The van der Waals surface area contributed by atoms with E-state index >= 15 is 0 Å². The first kappa shape index (κ1) is 10.5. The monoisotopic (exact) mass is 197 g/mol. The average Bonchev–Trinajstić information content (AvgIpc) is 2.18. The predicted molar refractivity (Wildman–Crippen MR) is 51.4 cm³/mol. The molecule has 0 aliphatic heterocycles. The van der Waals surface area contributed by atoms with Crippen molar-refractivity contribution in [2.75, 3.05) is 13.7 Å². The van der Waals surface area contributed by atoms with Crippen LogP contribution in [0.1, 0.15) is 12.5 Å². The van der Waals surface area contributed by atoms with Crippen LogP contribution < -0.4 is 4.74 Å². The molecule has 1 rings (SSSR count). The lowest BCUT2D eigenvalue weighted by molar-refractivity contribution is 0.272. The van der Waals surface area contributed by atoms with Gasteiger partial charge >= 0.3 is 0 Å². The average molecular weight is 197 g/mol. The molecule has 0 atom stereocenters. The minimum atomic E-state index is -0.480. The molecule has 0 unspecified atom stereocenters. The van der Waals surface area contributed by atoms with E-state index in [1.165, 1.54) is 25.6 Å². The zero-order valence-electron chi connectivity index (χ0n) is 8.16. The van der Waals surface area contributed by atoms with Crippen molar-refractivity contribution in [3.8, 4) is 5.88 Å². The van der Waals surface area contributed by atoms with Gasteiger partial charge in [-0.25, -0.2) is 9.37 Å². The molecule has 0 amide bonds. The summed E-state index contributed by atoms with van der Waals surface area (Å²) in [5, 5.41) is 0. The van der Waals surface area contributed by atoms with Gasteiger partial charge in [0.25, 0.3) is 0 Å². The Morgan fingerprint density at radius 1 is 1.57 bits per heavy atom. The van der Waals surface area contributed by atoms with E-state index in [0.29, 0.717) is 12.2 Å². The minimum Gasteiger partial charge on any atom is -0.501 e. The first-order valence-electron chi connectivity index (χ1n) is 4.25. The maximum Gasteiger partial charge on any atom is 0.250 e. The first-order chi connectivity index (χ1) is 6.77. The normalized spacial score (nSPS) is 10.5. The number of hydrogen-bond acceptors (Lipinski definition) is 3. The van der Waals surface area contributed by atoms with Gasteiger partial charge in [0.15, 0.2) is 5.82 Å². The summed E-state index contributed by atoms with van der Waals surface area (Å²) in [5.74, 6) is -0.482. The Labute approximate surface area is 82.2 Å². The molecule has 0 spiro atoms. The van der Waals surface area contributed by atoms with Crippen LogP contribution >= 0.6 is 0 Å². The number of rotatable bonds is 4. The van der Waals surface area contributed by atoms with Gasteiger partial charge in [-0.05, 0) is 24.6 Å². The van der Waals surface area contributed by atoms with Crippen molar-refractivity contribution in [2.45, 2.75) is 6.92 Å². The van der Waals surface area contributed by atoms with Crippen molar-refractivity contribution in [3.05, 3.63) is 29.9 Å². The lowest BCUT2D eigenvalue weighted by atomic mass is 10.3. The summed E-state index contributed by atoms with van der Waals surface area (Å²) in [6.07, 6.45) is 4.65. The van der Waals surface area contributed by atoms with Crippen molar-refractivity contribution in [3.63, 3.8) is 0 Å². The fourth-order valence-electron chi connectivity index (χ4n) is 0.904. The number of nitrogens with zero attached hydrogens (tertiary/aromatic N) is 1. The molecule has 0 fully saturated rings. The van der Waals surface area contributed by atoms with Crippen molar-refractivity contribution in [1.29, 1.82) is 0 Å². The van der Waals surface area contributed by atoms with Crippen LogP contribution in [0.5, 0.6) is 5.88 Å². The van der Waals surface area contributed by atoms with Gasteiger partial charge < -0.3 is 9.47 Å². The lowest BCUT2D eigenvalue weighted by Crippen LogP contribution is -1.92. The van der Waals surface area contributed by atoms with Gasteiger partial charge in [0.2, 0.25) is 5.88 Å². The highest BCUT2D eigenvalue weighted by molar-refractivity contribution is 5.47. The molecule has 1 aromatic heterocycles. The highest BCUT2D eigenvalue weighted by atomic mass is 19.1. The number of pyridine rings is 1. The topological polar surface area (TPSA) is 31.4 Å². The Hall–Kier alpha value is -1.58. The largest absolute Gasteiger partial charge is 0.501 e. The molecule has 0 N–H and O–H groups in total. The van der Waals surface area contributed by atoms with Crippen molar-refractivity contribution < 1.29 is 13.9 Å². The maximum absolute atomic E-state index is 13.1. The zero-order valence-corrected chi connectivity index (χ0v) is 8.16. The third kappa shape index (κ3) is 2.73. The van der Waals surface area contributed by atoms with Gasteiger partial charge in [-0.15, -0.1) is 0 Å². The first-order valence-corrected chi connectivity index (χ1v) is 4.25. The van der Waals surface area contributed by atoms with E-state index in [0.717, 1.165) is 0 Å². The minimum absolute atomic E-state index is 0.00133. The van der Waals surface area contributed by atoms with Gasteiger partial charge in [-0.2, -0.15) is 0 Å². The van der Waals surface area contributed by atoms with Crippen LogP contribution in [0.15, 0.2) is 18.5 Å². The zero-order chi connectivity index (χ0) is 10.4. The van der Waals surface area contributed by atoms with Gasteiger partial charge in [0, 0.05) is 6.20 Å². The van der Waals surface area contributed by atoms with Crippen LogP contribution in [0.25, 0.3) is 6.08 Å². The van der Waals surface area contributed by atoms with Crippen LogP contribution in [0.3, 0.4) is 0 Å². The van der Waals surface area contributed by atoms with Crippen molar-refractivity contribution >= 4 is 6.08 Å². The second-order valence-electron chi connectivity index (χ2n) is 2.52. The van der Waals surface area contributed by atoms with Crippen LogP contribution in [0.2, 0.25) is 0 Å². The molecule has 0 saturated carbocycles. The highest BCUT2D eigenvalue weighted by Crippen LogP contribution is 2.14. The van der Waals surface area contributed by atoms with Gasteiger partial charge in [-0.3, -0.25) is 0 Å². The third-order valence-corrected chi connectivity index (χ3v) is 1.55. The molecular weight excluding hydrogens is 185 g/mol. The molecular formula is C10H12FNO2. The second-order valence-corrected chi connectivity index (χ2v) is 2.52. The summed E-state index contributed by atoms with van der Waals surface area (Å²) >= 11 is 0. The molecule has 14 heavy (non-hydrogen) atoms. The summed E-state index contributed by atoms with van der Waals surface area (Å²) in [6.45, 7) is 2.46. The molecule has 0 bridgehead atoms. The molecule has 0 aliphatic rings. The number of ether oxygens (including phenoxy) is 2. The standard InChI is InChI=1S/C10H12FNO2/c1-3-14-5-4-8-6-9(11)10(13-2)12-7-8/h4-7H,3H2,1-2H3/b5-4+. The Morgan fingerprint density at radius 3 is 2.93 bits per heavy atom. The third-order valence-electron chi connectivity index (χ3n) is 1.55. The number of methoxy groups -OCH3 is 1. The Morgan fingerprint density at radius 2 is 2.36 bits per heavy atom. The van der Waals surface area contributed by atoms with Gasteiger partial charge in [-0.1, -0.05) is 0 Å². The van der Waals surface area contributed by atoms with E-state index in [-0.39, 0.29) is 5.88 Å². The van der Waals surface area contributed by atoms with Crippen molar-refractivity contribution in [1.82, 2.24) is 4.98 Å². The lowest BCUT2D eigenvalue weighted by Gasteiger charge is -2.00. The van der Waals surface area contributed by atoms with Crippen LogP contribution in [-0.4, -0.2) is 18.7 Å². The molecule has 0 radical (unpaired) electrons. The van der Waals surface area contributed by atoms with Gasteiger partial charge in [0.1, 0.15) is 0 Å². The second kappa shape index (κ2) is 5.21. The fraction of sp³-hybridized carbons (Fsp3) is 0.300. The molecule has 0 aromatic carbocycles. The molecule has 1 heterocycles. The smallest absolute Gasteiger partial charge is 0.250 e. The van der Waals surface area contributed by atoms with E-state index in [9.17, 15) is 4.39 Å². The van der Waals surface area contributed by atoms with E-state index in [1.54, 1.807) is 6.08 Å². The van der Waals surface area contributed by atoms with Crippen molar-refractivity contribution in [2.24, 2.45) is 0 Å². The molecule has 4 heteroatoms. The van der Waals surface area contributed by atoms with E-state index in [1.807, 2.05) is 6.92 Å². The molecule has 0 aliphatic carbocycles. The summed E-state index contributed by atoms with van der Waals surface area (Å²) in [4.78, 5) is 3.77. The summed E-state index contributed by atoms with van der Waals surface area (Å²) in [5.41, 5.74) is 0.636. The predicted octanol–water partition coefficient (Wildman–Crippen LogP) is 2.24. The molecule has 0 saturated heterocycles.